The minimum Gasteiger partial charge on any atom is -0.530 e. The summed E-state index contributed by atoms with van der Waals surface area (Å²) in [5, 5.41) is 25.2. The average Bonchev–Trinajstić information content (AvgIpc) is 2.82. The van der Waals surface area contributed by atoms with E-state index in [2.05, 4.69) is 10.0 Å². The van der Waals surface area contributed by atoms with Crippen LogP contribution in [-0.2, 0) is 21.2 Å². The van der Waals surface area contributed by atoms with Crippen LogP contribution >= 0.6 is 0 Å². The van der Waals surface area contributed by atoms with Crippen LogP contribution in [0.5, 0.6) is 5.75 Å². The van der Waals surface area contributed by atoms with E-state index in [0.717, 1.165) is 0 Å². The molecule has 2 aromatic carbocycles. The number of aliphatic hydroxyl groups excluding tert-OH is 1. The minimum atomic E-state index is -4.32. The Morgan fingerprint density at radius 2 is 1.70 bits per heavy atom. The van der Waals surface area contributed by atoms with Gasteiger partial charge < -0.3 is 35.5 Å². The second-order valence-corrected chi connectivity index (χ2v) is 11.1. The Balaban J connectivity index is 2.40. The van der Waals surface area contributed by atoms with E-state index in [4.69, 9.17) is 15.2 Å². The molecule has 0 bridgehead atoms. The smallest absolute Gasteiger partial charge is 0.404 e. The maximum atomic E-state index is 13.4. The van der Waals surface area contributed by atoms with Gasteiger partial charge >= 0.3 is 6.09 Å². The van der Waals surface area contributed by atoms with E-state index in [-0.39, 0.29) is 24.3 Å². The number of hydrogen-bond acceptors (Lipinski definition) is 8. The lowest BCUT2D eigenvalue weighted by atomic mass is 9.81. The van der Waals surface area contributed by atoms with Crippen LogP contribution in [0.3, 0.4) is 0 Å². The van der Waals surface area contributed by atoms with Crippen LogP contribution in [-0.4, -0.2) is 51.2 Å². The van der Waals surface area contributed by atoms with E-state index >= 15 is 0 Å². The van der Waals surface area contributed by atoms with Crippen molar-refractivity contribution in [1.82, 2.24) is 10.0 Å². The van der Waals surface area contributed by atoms with Crippen molar-refractivity contribution in [3.05, 3.63) is 60.2 Å². The van der Waals surface area contributed by atoms with Gasteiger partial charge in [0.05, 0.1) is 24.7 Å². The van der Waals surface area contributed by atoms with E-state index in [1.54, 1.807) is 30.3 Å². The molecule has 12 heteroatoms. The van der Waals surface area contributed by atoms with Crippen LogP contribution in [0.15, 0.2) is 59.5 Å². The number of amides is 2. The van der Waals surface area contributed by atoms with Crippen LogP contribution in [0.1, 0.15) is 38.7 Å². The van der Waals surface area contributed by atoms with E-state index in [9.17, 15) is 28.2 Å². The van der Waals surface area contributed by atoms with Crippen molar-refractivity contribution in [2.45, 2.75) is 56.2 Å². The van der Waals surface area contributed by atoms with Gasteiger partial charge in [-0.1, -0.05) is 44.2 Å². The largest absolute Gasteiger partial charge is 0.530 e. The molecule has 0 aliphatic heterocycles. The lowest BCUT2D eigenvalue weighted by Gasteiger charge is -2.41. The highest BCUT2D eigenvalue weighted by molar-refractivity contribution is 7.89. The van der Waals surface area contributed by atoms with Gasteiger partial charge in [-0.2, -0.15) is 4.72 Å². The van der Waals surface area contributed by atoms with E-state index < -0.39 is 39.4 Å². The standard InChI is InChI=1S/C25H35N3O8S/c1-24(2,15-16-36-22(26)30)14-13-21(29)25(27-23(31)32,17-18-7-5-4-6-8-18)28-37(33,34)20-11-9-19(35-3)10-12-20/h4-12,21,27-29H,13-17H2,1-3H3,(H2,26,30)(H,31,32)/p-1. The Hall–Kier alpha value is -3.35. The van der Waals surface area contributed by atoms with Gasteiger partial charge in [0, 0.05) is 6.42 Å². The number of ether oxygens (including phenoxy) is 2. The normalized spacial score (nSPS) is 14.3. The molecule has 0 saturated carbocycles. The molecule has 0 aromatic heterocycles. The Morgan fingerprint density at radius 1 is 1.08 bits per heavy atom. The molecule has 2 atom stereocenters. The molecule has 0 fully saturated rings. The van der Waals surface area contributed by atoms with Gasteiger partial charge in [-0.05, 0) is 54.5 Å². The van der Waals surface area contributed by atoms with Crippen molar-refractivity contribution < 1.29 is 37.7 Å². The topological polar surface area (TPSA) is 180 Å². The summed E-state index contributed by atoms with van der Waals surface area (Å²) >= 11 is 0. The number of carbonyl (C=O) groups is 2. The Morgan fingerprint density at radius 3 is 2.24 bits per heavy atom. The summed E-state index contributed by atoms with van der Waals surface area (Å²) in [5.74, 6) is 0.435. The van der Waals surface area contributed by atoms with Gasteiger partial charge in [0.15, 0.2) is 0 Å². The first-order chi connectivity index (χ1) is 17.3. The number of sulfonamides is 1. The van der Waals surface area contributed by atoms with Crippen LogP contribution in [0.25, 0.3) is 0 Å². The fraction of sp³-hybridized carbons (Fsp3) is 0.440. The second kappa shape index (κ2) is 12.7. The summed E-state index contributed by atoms with van der Waals surface area (Å²) in [5.41, 5.74) is 3.06. The second-order valence-electron chi connectivity index (χ2n) is 9.46. The Kier molecular flexibility index (Phi) is 10.3. The highest BCUT2D eigenvalue weighted by Crippen LogP contribution is 2.31. The molecule has 11 nitrogen and oxygen atoms in total. The first-order valence-corrected chi connectivity index (χ1v) is 13.1. The van der Waals surface area contributed by atoms with Crippen LogP contribution in [0.4, 0.5) is 9.59 Å². The number of nitrogens with one attached hydrogen (secondary N) is 2. The zero-order valence-corrected chi connectivity index (χ0v) is 21.9. The lowest BCUT2D eigenvalue weighted by molar-refractivity contribution is -0.254. The summed E-state index contributed by atoms with van der Waals surface area (Å²) in [4.78, 5) is 22.5. The summed E-state index contributed by atoms with van der Waals surface area (Å²) in [6.07, 6.45) is -3.61. The number of nitrogens with two attached hydrogens (primary N) is 1. The average molecular weight is 537 g/mol. The third kappa shape index (κ3) is 9.23. The monoisotopic (exact) mass is 536 g/mol. The molecule has 2 rings (SSSR count). The Labute approximate surface area is 217 Å². The maximum Gasteiger partial charge on any atom is 0.404 e. The SMILES string of the molecule is COc1ccc(S(=O)(=O)NC(Cc2ccccc2)(NC(=O)[O-])C(O)CCC(C)(C)CCOC(N)=O)cc1. The van der Waals surface area contributed by atoms with Gasteiger partial charge in [-0.3, -0.25) is 0 Å². The Bertz CT molecular complexity index is 1140. The quantitative estimate of drug-likeness (QED) is 0.262. The van der Waals surface area contributed by atoms with Gasteiger partial charge in [-0.15, -0.1) is 0 Å². The molecule has 5 N–H and O–H groups in total. The number of rotatable bonds is 14. The van der Waals surface area contributed by atoms with Crippen LogP contribution in [0.2, 0.25) is 0 Å². The number of primary amides is 1. The summed E-state index contributed by atoms with van der Waals surface area (Å²) < 4.78 is 39.0. The molecule has 0 radical (unpaired) electrons. The van der Waals surface area contributed by atoms with Crippen molar-refractivity contribution in [1.29, 1.82) is 0 Å². The number of benzene rings is 2. The van der Waals surface area contributed by atoms with E-state index in [1.165, 1.54) is 31.4 Å². The summed E-state index contributed by atoms with van der Waals surface area (Å²) in [6.45, 7) is 3.81. The van der Waals surface area contributed by atoms with Crippen molar-refractivity contribution >= 4 is 22.2 Å². The third-order valence-corrected chi connectivity index (χ3v) is 7.55. The number of hydrogen-bond donors (Lipinski definition) is 4. The maximum absolute atomic E-state index is 13.4. The molecule has 0 aliphatic carbocycles. The van der Waals surface area contributed by atoms with Crippen LogP contribution in [0, 0.1) is 5.41 Å². The van der Waals surface area contributed by atoms with Crippen LogP contribution < -0.4 is 25.6 Å². The minimum absolute atomic E-state index is 0.00180. The number of carbonyl (C=O) groups excluding carboxylic acids is 2. The molecule has 0 heterocycles. The van der Waals surface area contributed by atoms with Crippen molar-refractivity contribution in [3.63, 3.8) is 0 Å². The zero-order chi connectivity index (χ0) is 27.7. The molecule has 0 aliphatic rings. The predicted octanol–water partition coefficient (Wildman–Crippen LogP) is 1.50. The van der Waals surface area contributed by atoms with Gasteiger partial charge in [0.1, 0.15) is 17.5 Å². The highest BCUT2D eigenvalue weighted by Gasteiger charge is 2.42. The number of methoxy groups -OCH3 is 1. The molecule has 37 heavy (non-hydrogen) atoms. The number of aliphatic hydroxyl groups is 1. The molecule has 2 amide bonds. The fourth-order valence-corrected chi connectivity index (χ4v) is 5.21. The molecule has 0 spiro atoms. The zero-order valence-electron chi connectivity index (χ0n) is 21.1. The molecule has 0 saturated heterocycles. The van der Waals surface area contributed by atoms with Crippen molar-refractivity contribution in [2.75, 3.05) is 13.7 Å². The van der Waals surface area contributed by atoms with Gasteiger partial charge in [0.2, 0.25) is 10.0 Å². The first kappa shape index (κ1) is 29.9. The highest BCUT2D eigenvalue weighted by atomic mass is 32.2. The molecule has 2 unspecified atom stereocenters. The van der Waals surface area contributed by atoms with Gasteiger partial charge in [0.25, 0.3) is 0 Å². The summed E-state index contributed by atoms with van der Waals surface area (Å²) in [6, 6.07) is 14.1. The molecule has 204 valence electrons. The fourth-order valence-electron chi connectivity index (χ4n) is 3.86. The van der Waals surface area contributed by atoms with Crippen molar-refractivity contribution in [3.8, 4) is 5.75 Å². The summed E-state index contributed by atoms with van der Waals surface area (Å²) in [7, 11) is -2.88. The van der Waals surface area contributed by atoms with E-state index in [1.807, 2.05) is 13.8 Å². The van der Waals surface area contributed by atoms with Gasteiger partial charge in [-0.25, -0.2) is 13.2 Å². The molecular formula is C25H34N3O8S-. The first-order valence-electron chi connectivity index (χ1n) is 11.6. The molecule has 2 aromatic rings. The third-order valence-electron chi connectivity index (χ3n) is 6.02. The van der Waals surface area contributed by atoms with Crippen molar-refractivity contribution in [2.24, 2.45) is 11.1 Å². The lowest BCUT2D eigenvalue weighted by Crippen LogP contribution is -2.70. The predicted molar refractivity (Wildman–Crippen MR) is 134 cm³/mol. The molecular weight excluding hydrogens is 502 g/mol. The number of carboxylic acid groups (broad SMARTS) is 1. The van der Waals surface area contributed by atoms with E-state index in [0.29, 0.717) is 24.2 Å².